The third-order valence-electron chi connectivity index (χ3n) is 12.0. The maximum atomic E-state index is 13.2. The molecule has 0 spiro atoms. The summed E-state index contributed by atoms with van der Waals surface area (Å²) in [4.78, 5) is 65.3. The Hall–Kier alpha value is -5.78. The number of benzene rings is 3. The molecular weight excluding hydrogens is 820 g/mol. The molecule has 0 aliphatic carbocycles. The van der Waals surface area contributed by atoms with Crippen molar-refractivity contribution >= 4 is 87.3 Å². The highest BCUT2D eigenvalue weighted by atomic mass is 35.5. The molecule has 4 aliphatic rings. The Labute approximate surface area is 363 Å². The van der Waals surface area contributed by atoms with Crippen molar-refractivity contribution in [2.75, 3.05) is 78.6 Å². The van der Waals surface area contributed by atoms with Gasteiger partial charge >= 0.3 is 0 Å². The van der Waals surface area contributed by atoms with Crippen LogP contribution in [-0.2, 0) is 21.4 Å². The zero-order valence-electron chi connectivity index (χ0n) is 34.0. The van der Waals surface area contributed by atoms with Crippen LogP contribution < -0.4 is 35.2 Å². The molecule has 4 amide bonds. The fourth-order valence-corrected chi connectivity index (χ4v) is 9.00. The highest BCUT2D eigenvalue weighted by Crippen LogP contribution is 2.36. The lowest BCUT2D eigenvalue weighted by Gasteiger charge is -2.38. The number of fused-ring (bicyclic) bond motifs is 1. The minimum Gasteiger partial charge on any atom is -0.494 e. The van der Waals surface area contributed by atoms with Gasteiger partial charge in [-0.2, -0.15) is 4.98 Å². The summed E-state index contributed by atoms with van der Waals surface area (Å²) >= 11 is 6.33. The molecule has 5 heterocycles. The summed E-state index contributed by atoms with van der Waals surface area (Å²) in [6.45, 7) is 5.85. The number of amides is 4. The maximum Gasteiger partial charge on any atom is 0.262 e. The van der Waals surface area contributed by atoms with Gasteiger partial charge in [0, 0.05) is 57.1 Å². The number of ether oxygens (including phenoxy) is 1. The number of halogens is 1. The van der Waals surface area contributed by atoms with Gasteiger partial charge in [-0.05, 0) is 99.5 Å². The van der Waals surface area contributed by atoms with E-state index >= 15 is 0 Å². The average molecular weight is 869 g/mol. The Bertz CT molecular complexity index is 2340. The number of hydrogen-bond acceptors (Lipinski definition) is 13. The molecule has 0 radical (unpaired) electrons. The van der Waals surface area contributed by atoms with Crippen LogP contribution in [0.15, 0.2) is 66.9 Å². The second-order valence-electron chi connectivity index (χ2n) is 15.9. The number of nitrogens with zero attached hydrogens (tertiary/aromatic N) is 6. The molecule has 1 atom stereocenters. The molecular formula is C43H49ClN10O6S. The second kappa shape index (κ2) is 18.5. The van der Waals surface area contributed by atoms with Crippen LogP contribution in [0.25, 0.3) is 0 Å². The molecule has 320 valence electrons. The SMILES string of the molecule is COc1cc(N2CCC(CN3CCC(CNc4ccc5c(c4)C(=O)N(C4CCC(=O)NC4=O)C5=O)CC3)CC2)ccc1Nc1ncc(Cl)c(Nc2ccccc2N(C)[SH]=O)n1. The van der Waals surface area contributed by atoms with E-state index in [1.165, 1.54) is 6.20 Å². The predicted molar refractivity (Wildman–Crippen MR) is 237 cm³/mol. The largest absolute Gasteiger partial charge is 0.494 e. The van der Waals surface area contributed by atoms with Gasteiger partial charge in [-0.25, -0.2) is 9.19 Å². The van der Waals surface area contributed by atoms with Crippen LogP contribution >= 0.6 is 11.6 Å². The summed E-state index contributed by atoms with van der Waals surface area (Å²) in [6, 6.07) is 17.7. The van der Waals surface area contributed by atoms with E-state index in [1.54, 1.807) is 30.6 Å². The number of nitrogens with one attached hydrogen (secondary N) is 4. The van der Waals surface area contributed by atoms with Crippen molar-refractivity contribution < 1.29 is 28.1 Å². The van der Waals surface area contributed by atoms with Gasteiger partial charge in [0.25, 0.3) is 11.8 Å². The van der Waals surface area contributed by atoms with Crippen molar-refractivity contribution in [3.05, 3.63) is 83.0 Å². The monoisotopic (exact) mass is 868 g/mol. The van der Waals surface area contributed by atoms with E-state index in [2.05, 4.69) is 47.1 Å². The molecule has 0 bridgehead atoms. The fraction of sp³-hybridized carbons (Fsp3) is 0.395. The molecule has 3 saturated heterocycles. The Morgan fingerprint density at radius 3 is 2.39 bits per heavy atom. The number of anilines is 7. The number of rotatable bonds is 14. The Kier molecular flexibility index (Phi) is 12.7. The third kappa shape index (κ3) is 9.28. The number of hydrogen-bond donors (Lipinski definition) is 5. The average Bonchev–Trinajstić information content (AvgIpc) is 3.52. The van der Waals surface area contributed by atoms with Gasteiger partial charge < -0.3 is 30.5 Å². The van der Waals surface area contributed by atoms with E-state index in [-0.39, 0.29) is 35.8 Å². The van der Waals surface area contributed by atoms with Crippen LogP contribution in [0.3, 0.4) is 0 Å². The van der Waals surface area contributed by atoms with Crippen molar-refractivity contribution in [1.82, 2.24) is 25.1 Å². The van der Waals surface area contributed by atoms with Crippen LogP contribution in [-0.4, -0.2) is 107 Å². The standard InChI is InChI=1S/C43H49ClN10O6S/c1-51(61-59)35-6-4-3-5-33(35)47-39-32(44)24-46-43(50-39)48-34-10-8-29(22-37(34)60-2)53-19-15-27(16-20-53)25-52-17-13-26(14-18-52)23-45-28-7-9-30-31(21-28)42(58)54(41(30)57)36-11-12-38(55)49-40(36)56/h3-10,21-22,24,26-27,36,45,61H,11-20,23,25H2,1-2H3,(H,49,55,56)(H2,46,47,48,50). The first-order valence-electron chi connectivity index (χ1n) is 20.6. The lowest BCUT2D eigenvalue weighted by Crippen LogP contribution is -2.54. The van der Waals surface area contributed by atoms with Crippen LogP contribution in [0.2, 0.25) is 5.02 Å². The molecule has 18 heteroatoms. The number of para-hydroxylation sites is 2. The number of imide groups is 2. The van der Waals surface area contributed by atoms with Crippen LogP contribution in [0.1, 0.15) is 59.2 Å². The quantitative estimate of drug-likeness (QED) is 0.0808. The summed E-state index contributed by atoms with van der Waals surface area (Å²) in [6.07, 6.45) is 6.10. The Morgan fingerprint density at radius 2 is 1.64 bits per heavy atom. The van der Waals surface area contributed by atoms with Crippen molar-refractivity contribution in [3.8, 4) is 5.75 Å². The first-order valence-corrected chi connectivity index (χ1v) is 21.7. The maximum absolute atomic E-state index is 13.2. The zero-order chi connectivity index (χ0) is 42.6. The van der Waals surface area contributed by atoms with Crippen molar-refractivity contribution in [3.63, 3.8) is 0 Å². The van der Waals surface area contributed by atoms with Gasteiger partial charge in [0.15, 0.2) is 5.82 Å². The number of likely N-dealkylation sites (tertiary alicyclic amines) is 1. The zero-order valence-corrected chi connectivity index (χ0v) is 35.7. The summed E-state index contributed by atoms with van der Waals surface area (Å²) in [5.41, 5.74) is 4.56. The molecule has 4 aromatic rings. The van der Waals surface area contributed by atoms with Gasteiger partial charge in [-0.15, -0.1) is 0 Å². The summed E-state index contributed by atoms with van der Waals surface area (Å²) in [5, 5.41) is 12.6. The van der Waals surface area contributed by atoms with Crippen LogP contribution in [0.4, 0.5) is 40.2 Å². The van der Waals surface area contributed by atoms with E-state index in [9.17, 15) is 23.4 Å². The van der Waals surface area contributed by atoms with E-state index in [4.69, 9.17) is 16.3 Å². The van der Waals surface area contributed by atoms with Gasteiger partial charge in [0.05, 0.1) is 41.5 Å². The minimum atomic E-state index is -0.975. The molecule has 16 nitrogen and oxygen atoms in total. The molecule has 61 heavy (non-hydrogen) atoms. The van der Waals surface area contributed by atoms with Gasteiger partial charge in [-0.3, -0.25) is 33.7 Å². The topological polar surface area (TPSA) is 181 Å². The number of carbonyl (C=O) groups is 4. The highest BCUT2D eigenvalue weighted by Gasteiger charge is 2.44. The highest BCUT2D eigenvalue weighted by molar-refractivity contribution is 7.67. The normalized spacial score (nSPS) is 18.8. The lowest BCUT2D eigenvalue weighted by molar-refractivity contribution is -0.136. The number of piperidine rings is 3. The summed E-state index contributed by atoms with van der Waals surface area (Å²) in [5.74, 6) is 0.516. The van der Waals surface area contributed by atoms with E-state index in [0.717, 1.165) is 92.6 Å². The smallest absolute Gasteiger partial charge is 0.262 e. The van der Waals surface area contributed by atoms with Crippen molar-refractivity contribution in [2.24, 2.45) is 11.8 Å². The van der Waals surface area contributed by atoms with E-state index < -0.39 is 29.7 Å². The third-order valence-corrected chi connectivity index (χ3v) is 12.8. The number of aromatic nitrogens is 2. The van der Waals surface area contributed by atoms with Gasteiger partial charge in [-0.1, -0.05) is 23.7 Å². The van der Waals surface area contributed by atoms with Crippen molar-refractivity contribution in [1.29, 1.82) is 0 Å². The number of thiol groups is 1. The lowest BCUT2D eigenvalue weighted by atomic mass is 9.92. The Balaban J connectivity index is 0.789. The molecule has 0 saturated carbocycles. The number of carbonyl (C=O) groups excluding carboxylic acids is 4. The second-order valence-corrected chi connectivity index (χ2v) is 17.1. The van der Waals surface area contributed by atoms with Gasteiger partial charge in [0.1, 0.15) is 28.7 Å². The molecule has 8 rings (SSSR count). The molecule has 1 aromatic heterocycles. The molecule has 3 fully saturated rings. The molecule has 4 aliphatic heterocycles. The predicted octanol–water partition coefficient (Wildman–Crippen LogP) is 5.36. The molecule has 3 aromatic carbocycles. The first-order chi connectivity index (χ1) is 29.6. The van der Waals surface area contributed by atoms with E-state index in [0.29, 0.717) is 40.1 Å². The Morgan fingerprint density at radius 1 is 0.885 bits per heavy atom. The summed E-state index contributed by atoms with van der Waals surface area (Å²) < 4.78 is 18.9. The number of methoxy groups -OCH3 is 1. The fourth-order valence-electron chi connectivity index (χ4n) is 8.60. The van der Waals surface area contributed by atoms with E-state index in [1.807, 2.05) is 42.5 Å². The van der Waals surface area contributed by atoms with Crippen LogP contribution in [0.5, 0.6) is 5.75 Å². The minimum absolute atomic E-state index is 0.0901. The molecule has 1 unspecified atom stereocenters. The van der Waals surface area contributed by atoms with Gasteiger partial charge in [0.2, 0.25) is 17.8 Å². The van der Waals surface area contributed by atoms with Crippen molar-refractivity contribution in [2.45, 2.75) is 44.6 Å². The summed E-state index contributed by atoms with van der Waals surface area (Å²) in [7, 11) is 3.36. The van der Waals surface area contributed by atoms with Crippen LogP contribution in [0, 0.1) is 11.8 Å². The first kappa shape index (κ1) is 41.9. The molecule has 4 N–H and O–H groups in total.